The summed E-state index contributed by atoms with van der Waals surface area (Å²) in [5.41, 5.74) is 2.08. The van der Waals surface area contributed by atoms with E-state index in [4.69, 9.17) is 0 Å². The largest absolute Gasteiger partial charge is 0.396 e. The van der Waals surface area contributed by atoms with Crippen molar-refractivity contribution in [1.29, 1.82) is 0 Å². The Hall–Kier alpha value is -2.08. The molecule has 1 aromatic rings. The highest BCUT2D eigenvalue weighted by atomic mass is 16.3. The zero-order valence-electron chi connectivity index (χ0n) is 13.8. The summed E-state index contributed by atoms with van der Waals surface area (Å²) in [6.45, 7) is 5.68. The van der Waals surface area contributed by atoms with Gasteiger partial charge in [0, 0.05) is 37.5 Å². The number of likely N-dealkylation sites (tertiary alicyclic amines) is 1. The van der Waals surface area contributed by atoms with E-state index in [1.807, 2.05) is 19.9 Å². The zero-order valence-corrected chi connectivity index (χ0v) is 13.8. The van der Waals surface area contributed by atoms with Crippen LogP contribution in [0, 0.1) is 12.8 Å². The van der Waals surface area contributed by atoms with Crippen LogP contribution in [0.25, 0.3) is 0 Å². The van der Waals surface area contributed by atoms with Gasteiger partial charge in [-0.25, -0.2) is 4.79 Å². The normalized spacial score (nSPS) is 17.7. The molecule has 1 unspecified atom stereocenters. The number of anilines is 1. The lowest BCUT2D eigenvalue weighted by Gasteiger charge is -2.32. The Balaban J connectivity index is 2.08. The average molecular weight is 319 g/mol. The van der Waals surface area contributed by atoms with Crippen LogP contribution in [0.5, 0.6) is 0 Å². The summed E-state index contributed by atoms with van der Waals surface area (Å²) in [6, 6.07) is 5.09. The third kappa shape index (κ3) is 4.45. The van der Waals surface area contributed by atoms with Crippen LogP contribution in [-0.2, 0) is 0 Å². The van der Waals surface area contributed by atoms with Gasteiger partial charge in [-0.15, -0.1) is 0 Å². The molecule has 0 aliphatic carbocycles. The van der Waals surface area contributed by atoms with Gasteiger partial charge >= 0.3 is 6.03 Å². The molecule has 2 rings (SSSR count). The van der Waals surface area contributed by atoms with Crippen LogP contribution in [0.15, 0.2) is 18.2 Å². The Kier molecular flexibility index (Phi) is 5.98. The summed E-state index contributed by atoms with van der Waals surface area (Å²) in [6.07, 6.45) is 1.85. The minimum atomic E-state index is -0.181. The van der Waals surface area contributed by atoms with Crippen molar-refractivity contribution in [3.8, 4) is 0 Å². The summed E-state index contributed by atoms with van der Waals surface area (Å²) in [5.74, 6) is -0.00132. The van der Waals surface area contributed by atoms with E-state index >= 15 is 0 Å². The number of aliphatic hydroxyl groups excluding tert-OH is 1. The van der Waals surface area contributed by atoms with Gasteiger partial charge in [0.15, 0.2) is 0 Å². The number of aliphatic hydroxyl groups is 1. The maximum absolute atomic E-state index is 12.4. The van der Waals surface area contributed by atoms with Crippen molar-refractivity contribution in [2.45, 2.75) is 26.7 Å². The number of nitrogens with one attached hydrogen (secondary N) is 2. The van der Waals surface area contributed by atoms with E-state index in [9.17, 15) is 14.7 Å². The molecule has 1 fully saturated rings. The van der Waals surface area contributed by atoms with Crippen LogP contribution in [0.3, 0.4) is 0 Å². The SMILES string of the molecule is CCNC(=O)c1ccc(C)c(NC(=O)N2CCCC(CO)C2)c1. The first kappa shape index (κ1) is 17.3. The van der Waals surface area contributed by atoms with Crippen molar-refractivity contribution in [3.63, 3.8) is 0 Å². The van der Waals surface area contributed by atoms with Crippen molar-refractivity contribution in [2.24, 2.45) is 5.92 Å². The number of nitrogens with zero attached hydrogens (tertiary/aromatic N) is 1. The van der Waals surface area contributed by atoms with Gasteiger partial charge in [0.2, 0.25) is 0 Å². The Morgan fingerprint density at radius 1 is 1.39 bits per heavy atom. The van der Waals surface area contributed by atoms with Crippen molar-refractivity contribution in [1.82, 2.24) is 10.2 Å². The van der Waals surface area contributed by atoms with E-state index in [0.29, 0.717) is 30.9 Å². The van der Waals surface area contributed by atoms with Gasteiger partial charge in [0.25, 0.3) is 5.91 Å². The molecule has 1 heterocycles. The van der Waals surface area contributed by atoms with E-state index in [1.165, 1.54) is 0 Å². The highest BCUT2D eigenvalue weighted by molar-refractivity contribution is 5.97. The van der Waals surface area contributed by atoms with Crippen molar-refractivity contribution < 1.29 is 14.7 Å². The molecule has 23 heavy (non-hydrogen) atoms. The van der Waals surface area contributed by atoms with Crippen LogP contribution in [0.2, 0.25) is 0 Å². The average Bonchev–Trinajstić information content (AvgIpc) is 2.57. The first-order valence-electron chi connectivity index (χ1n) is 8.10. The number of carbonyl (C=O) groups is 2. The molecule has 0 bridgehead atoms. The third-order valence-corrected chi connectivity index (χ3v) is 4.14. The Morgan fingerprint density at radius 2 is 2.17 bits per heavy atom. The summed E-state index contributed by atoms with van der Waals surface area (Å²) >= 11 is 0. The van der Waals surface area contributed by atoms with Crippen LogP contribution < -0.4 is 10.6 Å². The maximum Gasteiger partial charge on any atom is 0.321 e. The minimum absolute atomic E-state index is 0.107. The molecule has 6 heteroatoms. The van der Waals surface area contributed by atoms with Gasteiger partial charge < -0.3 is 20.6 Å². The first-order chi connectivity index (χ1) is 11.0. The zero-order chi connectivity index (χ0) is 16.8. The van der Waals surface area contributed by atoms with Crippen molar-refractivity contribution in [3.05, 3.63) is 29.3 Å². The fourth-order valence-corrected chi connectivity index (χ4v) is 2.75. The quantitative estimate of drug-likeness (QED) is 0.794. The smallest absolute Gasteiger partial charge is 0.321 e. The van der Waals surface area contributed by atoms with Gasteiger partial charge in [-0.05, 0) is 50.3 Å². The molecule has 3 amide bonds. The number of amides is 3. The van der Waals surface area contributed by atoms with Crippen LogP contribution in [0.4, 0.5) is 10.5 Å². The highest BCUT2D eigenvalue weighted by Crippen LogP contribution is 2.20. The molecule has 1 atom stereocenters. The maximum atomic E-state index is 12.4. The number of benzene rings is 1. The lowest BCUT2D eigenvalue weighted by Crippen LogP contribution is -2.43. The lowest BCUT2D eigenvalue weighted by molar-refractivity contribution is 0.0955. The Bertz CT molecular complexity index is 574. The molecular weight excluding hydrogens is 294 g/mol. The van der Waals surface area contributed by atoms with Crippen LogP contribution >= 0.6 is 0 Å². The second-order valence-corrected chi connectivity index (χ2v) is 5.96. The number of piperidine rings is 1. The molecule has 0 aromatic heterocycles. The number of hydrogen-bond acceptors (Lipinski definition) is 3. The number of aryl methyl sites for hydroxylation is 1. The molecule has 1 saturated heterocycles. The molecular formula is C17H25N3O3. The van der Waals surface area contributed by atoms with Gasteiger partial charge in [-0.2, -0.15) is 0 Å². The molecule has 1 aliphatic heterocycles. The molecule has 0 radical (unpaired) electrons. The highest BCUT2D eigenvalue weighted by Gasteiger charge is 2.23. The number of rotatable bonds is 4. The Labute approximate surface area is 136 Å². The van der Waals surface area contributed by atoms with E-state index < -0.39 is 0 Å². The molecule has 1 aliphatic rings. The summed E-state index contributed by atoms with van der Waals surface area (Å²) in [4.78, 5) is 26.1. The molecule has 3 N–H and O–H groups in total. The molecule has 0 saturated carbocycles. The summed E-state index contributed by atoms with van der Waals surface area (Å²) < 4.78 is 0. The fourth-order valence-electron chi connectivity index (χ4n) is 2.75. The second kappa shape index (κ2) is 7.97. The Morgan fingerprint density at radius 3 is 2.87 bits per heavy atom. The van der Waals surface area contributed by atoms with Gasteiger partial charge in [-0.3, -0.25) is 4.79 Å². The molecule has 0 spiro atoms. The second-order valence-electron chi connectivity index (χ2n) is 5.96. The van der Waals surface area contributed by atoms with Crippen LogP contribution in [0.1, 0.15) is 35.7 Å². The lowest BCUT2D eigenvalue weighted by atomic mass is 9.99. The third-order valence-electron chi connectivity index (χ3n) is 4.14. The molecule has 6 nitrogen and oxygen atoms in total. The van der Waals surface area contributed by atoms with Crippen LogP contribution in [-0.4, -0.2) is 48.2 Å². The summed E-state index contributed by atoms with van der Waals surface area (Å²) in [5, 5.41) is 14.9. The predicted molar refractivity (Wildman–Crippen MR) is 89.6 cm³/mol. The number of carbonyl (C=O) groups excluding carboxylic acids is 2. The monoisotopic (exact) mass is 319 g/mol. The van der Waals surface area contributed by atoms with Gasteiger partial charge in [-0.1, -0.05) is 6.07 Å². The van der Waals surface area contributed by atoms with E-state index in [-0.39, 0.29) is 24.5 Å². The van der Waals surface area contributed by atoms with E-state index in [1.54, 1.807) is 17.0 Å². The summed E-state index contributed by atoms with van der Waals surface area (Å²) in [7, 11) is 0. The van der Waals surface area contributed by atoms with Crippen molar-refractivity contribution >= 4 is 17.6 Å². The fraction of sp³-hybridized carbons (Fsp3) is 0.529. The molecule has 126 valence electrons. The first-order valence-corrected chi connectivity index (χ1v) is 8.10. The van der Waals surface area contributed by atoms with E-state index in [2.05, 4.69) is 10.6 Å². The topological polar surface area (TPSA) is 81.7 Å². The van der Waals surface area contributed by atoms with Crippen molar-refractivity contribution in [2.75, 3.05) is 31.6 Å². The predicted octanol–water partition coefficient (Wildman–Crippen LogP) is 1.98. The molecule has 1 aromatic carbocycles. The van der Waals surface area contributed by atoms with Gasteiger partial charge in [0.05, 0.1) is 0 Å². The van der Waals surface area contributed by atoms with Gasteiger partial charge in [0.1, 0.15) is 0 Å². The minimum Gasteiger partial charge on any atom is -0.396 e. The number of urea groups is 1. The number of hydrogen-bond donors (Lipinski definition) is 3. The standard InChI is InChI=1S/C17H25N3O3/c1-3-18-16(22)14-7-6-12(2)15(9-14)19-17(23)20-8-4-5-13(10-20)11-21/h6-7,9,13,21H,3-5,8,10-11H2,1-2H3,(H,18,22)(H,19,23). The van der Waals surface area contributed by atoms with E-state index in [0.717, 1.165) is 18.4 Å².